The summed E-state index contributed by atoms with van der Waals surface area (Å²) in [5.74, 6) is 0.707. The van der Waals surface area contributed by atoms with Gasteiger partial charge in [-0.3, -0.25) is 0 Å². The summed E-state index contributed by atoms with van der Waals surface area (Å²) in [6.45, 7) is 6.68. The predicted octanol–water partition coefficient (Wildman–Crippen LogP) is 5.09. The molecule has 0 saturated carbocycles. The maximum absolute atomic E-state index is 3.63. The van der Waals surface area contributed by atoms with Crippen LogP contribution in [-0.4, -0.2) is 18.4 Å². The van der Waals surface area contributed by atoms with Crippen molar-refractivity contribution in [1.29, 1.82) is 0 Å². The third-order valence-corrected chi connectivity index (χ3v) is 4.68. The number of hydrogen-bond donors (Lipinski definition) is 0. The lowest BCUT2D eigenvalue weighted by molar-refractivity contribution is 0.560. The fraction of sp³-hybridized carbons (Fsp3) is 0.412. The van der Waals surface area contributed by atoms with Gasteiger partial charge in [-0.1, -0.05) is 65.7 Å². The molecule has 0 aliphatic rings. The fourth-order valence-corrected chi connectivity index (χ4v) is 3.14. The molecule has 2 rings (SSSR count). The molecule has 2 aromatic rings. The first kappa shape index (κ1) is 14.4. The van der Waals surface area contributed by atoms with E-state index in [0.29, 0.717) is 5.92 Å². The Labute approximate surface area is 124 Å². The largest absolute Gasteiger partial charge is 0.371 e. The number of anilines is 1. The summed E-state index contributed by atoms with van der Waals surface area (Å²) < 4.78 is 0. The van der Waals surface area contributed by atoms with Gasteiger partial charge >= 0.3 is 0 Å². The van der Waals surface area contributed by atoms with Gasteiger partial charge in [0.1, 0.15) is 0 Å². The highest BCUT2D eigenvalue weighted by Crippen LogP contribution is 2.27. The number of fused-ring (bicyclic) bond motifs is 1. The highest BCUT2D eigenvalue weighted by molar-refractivity contribution is 9.09. The van der Waals surface area contributed by atoms with Crippen LogP contribution in [0.4, 0.5) is 5.69 Å². The summed E-state index contributed by atoms with van der Waals surface area (Å²) in [6.07, 6.45) is 1.21. The minimum Gasteiger partial charge on any atom is -0.371 e. The van der Waals surface area contributed by atoms with Crippen molar-refractivity contribution >= 4 is 32.4 Å². The highest BCUT2D eigenvalue weighted by Gasteiger charge is 2.13. The van der Waals surface area contributed by atoms with E-state index in [1.807, 2.05) is 0 Å². The molecule has 0 N–H and O–H groups in total. The Hall–Kier alpha value is -1.02. The van der Waals surface area contributed by atoms with E-state index >= 15 is 0 Å². The second kappa shape index (κ2) is 6.95. The Morgan fingerprint density at radius 1 is 1.05 bits per heavy atom. The van der Waals surface area contributed by atoms with Gasteiger partial charge in [-0.05, 0) is 24.3 Å². The van der Waals surface area contributed by atoms with Crippen molar-refractivity contribution in [2.45, 2.75) is 20.3 Å². The van der Waals surface area contributed by atoms with Gasteiger partial charge in [0.25, 0.3) is 0 Å². The normalized spacial score (nSPS) is 12.6. The van der Waals surface area contributed by atoms with Crippen molar-refractivity contribution in [2.75, 3.05) is 23.3 Å². The van der Waals surface area contributed by atoms with Crippen LogP contribution in [0, 0.1) is 5.92 Å². The second-order valence-corrected chi connectivity index (χ2v) is 5.61. The lowest BCUT2D eigenvalue weighted by Crippen LogP contribution is -2.30. The standard InChI is InChI=1S/C17H22BrN/c1-3-14(12-18)13-19(4-2)17-11-7-9-15-8-5-6-10-16(15)17/h5-11,14H,3-4,12-13H2,1-2H3. The molecule has 1 unspecified atom stereocenters. The second-order valence-electron chi connectivity index (χ2n) is 4.97. The molecule has 2 aromatic carbocycles. The first-order valence-corrected chi connectivity index (χ1v) is 8.21. The SMILES string of the molecule is CCC(CBr)CN(CC)c1cccc2ccccc12. The van der Waals surface area contributed by atoms with Crippen molar-refractivity contribution in [2.24, 2.45) is 5.92 Å². The molecule has 1 nitrogen and oxygen atoms in total. The van der Waals surface area contributed by atoms with Gasteiger partial charge in [-0.25, -0.2) is 0 Å². The van der Waals surface area contributed by atoms with Gasteiger partial charge in [0.2, 0.25) is 0 Å². The number of nitrogens with zero attached hydrogens (tertiary/aromatic N) is 1. The third-order valence-electron chi connectivity index (χ3n) is 3.76. The van der Waals surface area contributed by atoms with Crippen molar-refractivity contribution in [3.63, 3.8) is 0 Å². The number of halogens is 1. The molecule has 0 heterocycles. The zero-order valence-electron chi connectivity index (χ0n) is 11.8. The molecule has 0 bridgehead atoms. The van der Waals surface area contributed by atoms with E-state index in [1.54, 1.807) is 0 Å². The Morgan fingerprint density at radius 3 is 2.47 bits per heavy atom. The smallest absolute Gasteiger partial charge is 0.0445 e. The van der Waals surface area contributed by atoms with Crippen molar-refractivity contribution in [1.82, 2.24) is 0 Å². The summed E-state index contributed by atoms with van der Waals surface area (Å²) in [5, 5.41) is 3.76. The molecule has 0 aromatic heterocycles. The van der Waals surface area contributed by atoms with E-state index in [9.17, 15) is 0 Å². The zero-order valence-corrected chi connectivity index (χ0v) is 13.4. The predicted molar refractivity (Wildman–Crippen MR) is 89.4 cm³/mol. The maximum atomic E-state index is 3.63. The van der Waals surface area contributed by atoms with Crippen LogP contribution in [-0.2, 0) is 0 Å². The minimum atomic E-state index is 0.707. The van der Waals surface area contributed by atoms with Crippen LogP contribution in [0.25, 0.3) is 10.8 Å². The molecule has 2 heteroatoms. The summed E-state index contributed by atoms with van der Waals surface area (Å²) in [7, 11) is 0. The Bertz CT molecular complexity index is 514. The van der Waals surface area contributed by atoms with Crippen molar-refractivity contribution in [3.05, 3.63) is 42.5 Å². The molecule has 1 atom stereocenters. The van der Waals surface area contributed by atoms with Gasteiger partial charge in [0.15, 0.2) is 0 Å². The summed E-state index contributed by atoms with van der Waals surface area (Å²) in [5.41, 5.74) is 1.36. The zero-order chi connectivity index (χ0) is 13.7. The van der Waals surface area contributed by atoms with Crippen LogP contribution < -0.4 is 4.90 Å². The van der Waals surface area contributed by atoms with Gasteiger partial charge in [0.05, 0.1) is 0 Å². The van der Waals surface area contributed by atoms with Gasteiger partial charge in [-0.15, -0.1) is 0 Å². The first-order valence-electron chi connectivity index (χ1n) is 7.08. The third kappa shape index (κ3) is 3.30. The summed E-state index contributed by atoms with van der Waals surface area (Å²) in [6, 6.07) is 15.2. The van der Waals surface area contributed by atoms with Crippen LogP contribution in [0.15, 0.2) is 42.5 Å². The number of rotatable bonds is 6. The topological polar surface area (TPSA) is 3.24 Å². The molecular formula is C17H22BrN. The number of hydrogen-bond acceptors (Lipinski definition) is 1. The van der Waals surface area contributed by atoms with Crippen LogP contribution in [0.3, 0.4) is 0 Å². The molecule has 0 saturated heterocycles. The molecule has 102 valence electrons. The lowest BCUT2D eigenvalue weighted by Gasteiger charge is -2.28. The minimum absolute atomic E-state index is 0.707. The molecule has 0 radical (unpaired) electrons. The quantitative estimate of drug-likeness (QED) is 0.670. The molecule has 0 spiro atoms. The Balaban J connectivity index is 2.35. The monoisotopic (exact) mass is 319 g/mol. The van der Waals surface area contributed by atoms with Gasteiger partial charge in [0, 0.05) is 29.5 Å². The van der Waals surface area contributed by atoms with Crippen LogP contribution in [0.1, 0.15) is 20.3 Å². The van der Waals surface area contributed by atoms with E-state index in [1.165, 1.54) is 22.9 Å². The average Bonchev–Trinajstić information content (AvgIpc) is 2.48. The van der Waals surface area contributed by atoms with Crippen molar-refractivity contribution in [3.8, 4) is 0 Å². The maximum Gasteiger partial charge on any atom is 0.0445 e. The molecule has 0 aliphatic heterocycles. The first-order chi connectivity index (χ1) is 9.30. The molecule has 19 heavy (non-hydrogen) atoms. The van der Waals surface area contributed by atoms with E-state index in [0.717, 1.165) is 18.4 Å². The van der Waals surface area contributed by atoms with E-state index in [2.05, 4.69) is 77.1 Å². The number of alkyl halides is 1. The van der Waals surface area contributed by atoms with Crippen LogP contribution >= 0.6 is 15.9 Å². The molecule has 0 aliphatic carbocycles. The highest BCUT2D eigenvalue weighted by atomic mass is 79.9. The lowest BCUT2D eigenvalue weighted by atomic mass is 10.1. The summed E-state index contributed by atoms with van der Waals surface area (Å²) in [4.78, 5) is 2.50. The van der Waals surface area contributed by atoms with E-state index in [-0.39, 0.29) is 0 Å². The molecular weight excluding hydrogens is 298 g/mol. The van der Waals surface area contributed by atoms with Crippen molar-refractivity contribution < 1.29 is 0 Å². The summed E-state index contributed by atoms with van der Waals surface area (Å²) >= 11 is 3.63. The van der Waals surface area contributed by atoms with Crippen LogP contribution in [0.5, 0.6) is 0 Å². The molecule has 0 fully saturated rings. The van der Waals surface area contributed by atoms with E-state index < -0.39 is 0 Å². The van der Waals surface area contributed by atoms with Crippen LogP contribution in [0.2, 0.25) is 0 Å². The number of benzene rings is 2. The Kier molecular flexibility index (Phi) is 5.26. The fourth-order valence-electron chi connectivity index (χ4n) is 2.48. The van der Waals surface area contributed by atoms with Gasteiger partial charge in [-0.2, -0.15) is 0 Å². The van der Waals surface area contributed by atoms with Gasteiger partial charge < -0.3 is 4.90 Å². The van der Waals surface area contributed by atoms with E-state index in [4.69, 9.17) is 0 Å². The molecule has 0 amide bonds. The average molecular weight is 320 g/mol. The Morgan fingerprint density at radius 2 is 1.79 bits per heavy atom.